The van der Waals surface area contributed by atoms with E-state index in [4.69, 9.17) is 33.7 Å². The smallest absolute Gasteiger partial charge is 0.410 e. The number of aliphatic hydroxyl groups excluding tert-OH is 2. The third-order valence-corrected chi connectivity index (χ3v) is 12.0. The summed E-state index contributed by atoms with van der Waals surface area (Å²) in [6, 6.07) is 21.2. The van der Waals surface area contributed by atoms with Gasteiger partial charge in [-0.3, -0.25) is 0 Å². The van der Waals surface area contributed by atoms with Crippen molar-refractivity contribution in [2.75, 3.05) is 46.7 Å². The van der Waals surface area contributed by atoms with Crippen molar-refractivity contribution in [3.8, 4) is 17.2 Å². The molecule has 0 spiro atoms. The lowest BCUT2D eigenvalue weighted by Gasteiger charge is -2.59. The SMILES string of the molecule is C=CCOC12Oc3ccc(Oc4ccc(C)c(C)c4)cc3C3C(CCCCO)C(CCCCO)C=C(C(=NOCC)CC1N(C)C(=O)OCCOCc1ccccc1)C32. The minimum Gasteiger partial charge on any atom is -0.459 e. The second kappa shape index (κ2) is 21.0. The van der Waals surface area contributed by atoms with Crippen molar-refractivity contribution in [2.45, 2.75) is 90.1 Å². The number of unbranched alkanes of at least 4 members (excludes halogenated alkanes) is 2. The number of nitrogens with zero attached hydrogens (tertiary/aromatic N) is 2. The molecule has 0 aromatic heterocycles. The molecule has 318 valence electrons. The van der Waals surface area contributed by atoms with Gasteiger partial charge >= 0.3 is 6.09 Å². The van der Waals surface area contributed by atoms with E-state index < -0.39 is 23.8 Å². The maximum Gasteiger partial charge on any atom is 0.410 e. The number of aliphatic hydroxyl groups is 2. The predicted octanol–water partition coefficient (Wildman–Crippen LogP) is 9.03. The number of rotatable bonds is 21. The van der Waals surface area contributed by atoms with Crippen molar-refractivity contribution >= 4 is 11.8 Å². The van der Waals surface area contributed by atoms with E-state index in [-0.39, 0.29) is 57.2 Å². The summed E-state index contributed by atoms with van der Waals surface area (Å²) >= 11 is 0. The fourth-order valence-electron chi connectivity index (χ4n) is 9.03. The largest absolute Gasteiger partial charge is 0.459 e. The maximum atomic E-state index is 14.1. The number of hydrogen-bond donors (Lipinski definition) is 2. The van der Waals surface area contributed by atoms with Gasteiger partial charge in [-0.15, -0.1) is 6.58 Å². The van der Waals surface area contributed by atoms with Gasteiger partial charge in [0.25, 0.3) is 0 Å². The lowest BCUT2D eigenvalue weighted by atomic mass is 9.55. The van der Waals surface area contributed by atoms with Crippen molar-refractivity contribution < 1.29 is 43.5 Å². The standard InChI is InChI=1S/C48H62N2O9/c1-6-25-56-48-44(50(5)47(53)55-27-26-54-32-35-15-9-8-10-16-35)31-42(49-57-7-2)40-29-36(17-11-13-23-51)39(18-12-14-24-52)45(46(40)48)41-30-38(21-22-43(41)59-48)58-37-20-19-33(3)34(4)28-37/h6,8-10,15-16,19-22,28-30,36,39,44-46,51-52H,1,7,11-14,17-18,23-27,31-32H2,2-5H3. The lowest BCUT2D eigenvalue weighted by Crippen LogP contribution is -2.69. The van der Waals surface area contributed by atoms with Gasteiger partial charge < -0.3 is 43.6 Å². The zero-order valence-electron chi connectivity index (χ0n) is 35.1. The molecule has 0 radical (unpaired) electrons. The van der Waals surface area contributed by atoms with Crippen molar-refractivity contribution in [3.63, 3.8) is 0 Å². The van der Waals surface area contributed by atoms with Gasteiger partial charge in [0.2, 0.25) is 5.79 Å². The Kier molecular flexibility index (Phi) is 15.6. The van der Waals surface area contributed by atoms with Crippen molar-refractivity contribution in [2.24, 2.45) is 22.9 Å². The molecule has 6 atom stereocenters. The zero-order valence-corrected chi connectivity index (χ0v) is 35.1. The summed E-state index contributed by atoms with van der Waals surface area (Å²) in [4.78, 5) is 21.4. The summed E-state index contributed by atoms with van der Waals surface area (Å²) < 4.78 is 32.4. The van der Waals surface area contributed by atoms with E-state index in [9.17, 15) is 15.0 Å². The molecule has 11 nitrogen and oxygen atoms in total. The Morgan fingerprint density at radius 3 is 2.44 bits per heavy atom. The Hall–Kier alpha value is -4.68. The van der Waals surface area contributed by atoms with Crippen LogP contribution in [-0.2, 0) is 25.7 Å². The molecule has 1 saturated carbocycles. The first-order chi connectivity index (χ1) is 28.7. The van der Waals surface area contributed by atoms with E-state index in [2.05, 4.69) is 38.6 Å². The van der Waals surface area contributed by atoms with Crippen LogP contribution < -0.4 is 9.47 Å². The van der Waals surface area contributed by atoms with Gasteiger partial charge in [0.05, 0.1) is 31.5 Å². The number of amides is 1. The number of fused-ring (bicyclic) bond motifs is 2. The van der Waals surface area contributed by atoms with E-state index in [1.165, 1.54) is 5.56 Å². The van der Waals surface area contributed by atoms with Gasteiger partial charge in [-0.05, 0) is 111 Å². The number of oxime groups is 1. The van der Waals surface area contributed by atoms with Crippen molar-refractivity contribution in [3.05, 3.63) is 113 Å². The summed E-state index contributed by atoms with van der Waals surface area (Å²) in [6.45, 7) is 11.5. The highest BCUT2D eigenvalue weighted by Gasteiger charge is 2.65. The average Bonchev–Trinajstić information content (AvgIpc) is 3.24. The molecule has 59 heavy (non-hydrogen) atoms. The molecule has 0 bridgehead atoms. The summed E-state index contributed by atoms with van der Waals surface area (Å²) in [7, 11) is 1.72. The van der Waals surface area contributed by atoms with E-state index in [0.29, 0.717) is 37.6 Å². The summed E-state index contributed by atoms with van der Waals surface area (Å²) in [5.74, 6) is 0.310. The van der Waals surface area contributed by atoms with Gasteiger partial charge in [-0.1, -0.05) is 66.5 Å². The number of hydrogen-bond acceptors (Lipinski definition) is 10. The van der Waals surface area contributed by atoms with Crippen LogP contribution in [-0.4, -0.2) is 85.4 Å². The molecular weight excluding hydrogens is 749 g/mol. The van der Waals surface area contributed by atoms with Crippen LogP contribution in [0, 0.1) is 31.6 Å². The minimum absolute atomic E-state index is 0.0652. The lowest BCUT2D eigenvalue weighted by molar-refractivity contribution is -0.253. The molecule has 3 aliphatic rings. The van der Waals surface area contributed by atoms with Crippen LogP contribution in [0.25, 0.3) is 0 Å². The van der Waals surface area contributed by atoms with Crippen LogP contribution in [0.15, 0.2) is 96.2 Å². The minimum atomic E-state index is -1.37. The molecule has 2 aliphatic carbocycles. The molecule has 6 unspecified atom stereocenters. The molecule has 6 rings (SSSR count). The number of aryl methyl sites for hydroxylation is 2. The number of carbonyl (C=O) groups is 1. The van der Waals surface area contributed by atoms with Crippen LogP contribution in [0.1, 0.15) is 80.0 Å². The number of likely N-dealkylation sites (N-methyl/N-ethyl adjacent to an activating group) is 1. The molecule has 1 aliphatic heterocycles. The van der Waals surface area contributed by atoms with Crippen LogP contribution >= 0.6 is 0 Å². The number of allylic oxidation sites excluding steroid dienone is 1. The van der Waals surface area contributed by atoms with Crippen LogP contribution in [0.3, 0.4) is 0 Å². The number of ether oxygens (including phenoxy) is 5. The van der Waals surface area contributed by atoms with Crippen LogP contribution in [0.2, 0.25) is 0 Å². The molecule has 2 N–H and O–H groups in total. The molecule has 3 aromatic carbocycles. The Bertz CT molecular complexity index is 1920. The molecule has 0 saturated heterocycles. The summed E-state index contributed by atoms with van der Waals surface area (Å²) in [5.41, 5.74) is 6.05. The zero-order chi connectivity index (χ0) is 41.8. The highest BCUT2D eigenvalue weighted by molar-refractivity contribution is 6.02. The highest BCUT2D eigenvalue weighted by atomic mass is 16.7. The monoisotopic (exact) mass is 810 g/mol. The summed E-state index contributed by atoms with van der Waals surface area (Å²) in [5, 5.41) is 24.5. The predicted molar refractivity (Wildman–Crippen MR) is 228 cm³/mol. The van der Waals surface area contributed by atoms with E-state index in [1.807, 2.05) is 61.5 Å². The molecule has 1 heterocycles. The van der Waals surface area contributed by atoms with Crippen molar-refractivity contribution in [1.29, 1.82) is 0 Å². The molecule has 3 aromatic rings. The highest BCUT2D eigenvalue weighted by Crippen LogP contribution is 2.62. The molecule has 1 fully saturated rings. The average molecular weight is 811 g/mol. The van der Waals surface area contributed by atoms with Crippen LogP contribution in [0.4, 0.5) is 4.79 Å². The second-order valence-electron chi connectivity index (χ2n) is 15.8. The van der Waals surface area contributed by atoms with Gasteiger partial charge in [0.15, 0.2) is 0 Å². The number of benzene rings is 3. The summed E-state index contributed by atoms with van der Waals surface area (Å²) in [6.07, 6.45) is 8.50. The Morgan fingerprint density at radius 2 is 1.71 bits per heavy atom. The fourth-order valence-corrected chi connectivity index (χ4v) is 9.03. The van der Waals surface area contributed by atoms with E-state index in [1.54, 1.807) is 18.0 Å². The van der Waals surface area contributed by atoms with Gasteiger partial charge in [0.1, 0.15) is 36.5 Å². The van der Waals surface area contributed by atoms with Gasteiger partial charge in [-0.2, -0.15) is 0 Å². The first-order valence-electron chi connectivity index (χ1n) is 21.2. The van der Waals surface area contributed by atoms with Gasteiger partial charge in [-0.25, -0.2) is 4.79 Å². The molecule has 1 amide bonds. The molecular formula is C48H62N2O9. The van der Waals surface area contributed by atoms with Gasteiger partial charge in [0, 0.05) is 38.2 Å². The van der Waals surface area contributed by atoms with Crippen LogP contribution in [0.5, 0.6) is 17.2 Å². The molecule has 11 heteroatoms. The fraction of sp³-hybridized carbons (Fsp3) is 0.500. The quantitative estimate of drug-likeness (QED) is 0.0616. The Labute approximate surface area is 349 Å². The Balaban J connectivity index is 1.43. The third-order valence-electron chi connectivity index (χ3n) is 12.0. The first-order valence-corrected chi connectivity index (χ1v) is 21.2. The van der Waals surface area contributed by atoms with E-state index in [0.717, 1.165) is 59.4 Å². The third kappa shape index (κ3) is 10.2. The van der Waals surface area contributed by atoms with E-state index >= 15 is 0 Å². The maximum absolute atomic E-state index is 14.1. The first kappa shape index (κ1) is 43.9. The normalized spacial score (nSPS) is 23.7. The van der Waals surface area contributed by atoms with Crippen molar-refractivity contribution in [1.82, 2.24) is 4.90 Å². The second-order valence-corrected chi connectivity index (χ2v) is 15.8. The number of carbonyl (C=O) groups excluding carboxylic acids is 1. The Morgan fingerprint density at radius 1 is 0.966 bits per heavy atom. The topological polar surface area (TPSA) is 129 Å².